The van der Waals surface area contributed by atoms with Gasteiger partial charge in [-0.05, 0) is 225 Å². The van der Waals surface area contributed by atoms with E-state index in [2.05, 4.69) is 379 Å². The van der Waals surface area contributed by atoms with Crippen molar-refractivity contribution in [1.29, 1.82) is 0 Å². The number of aromatic nitrogens is 8. The summed E-state index contributed by atoms with van der Waals surface area (Å²) in [6.07, 6.45) is 8.48. The summed E-state index contributed by atoms with van der Waals surface area (Å²) in [7, 11) is 0. The Labute approximate surface area is 794 Å². The predicted molar refractivity (Wildman–Crippen MR) is 515 cm³/mol. The first kappa shape index (κ1) is 90.3. The van der Waals surface area contributed by atoms with Gasteiger partial charge >= 0.3 is 0 Å². The molecule has 1 aliphatic rings. The summed E-state index contributed by atoms with van der Waals surface area (Å²) >= 11 is 0. The van der Waals surface area contributed by atoms with Gasteiger partial charge in [-0.15, -0.1) is 119 Å². The minimum Gasteiger partial charge on any atom is -0.333 e. The molecule has 21 aromatic rings. The molecule has 126 heavy (non-hydrogen) atoms. The second-order valence-electron chi connectivity index (χ2n) is 36.7. The molecule has 0 fully saturated rings. The van der Waals surface area contributed by atoms with Crippen molar-refractivity contribution in [3.05, 3.63) is 346 Å². The summed E-state index contributed by atoms with van der Waals surface area (Å²) in [6.45, 7) is 40.8. The van der Waals surface area contributed by atoms with E-state index in [0.29, 0.717) is 35.0 Å². The van der Waals surface area contributed by atoms with E-state index in [1.54, 1.807) is 0 Å². The van der Waals surface area contributed by atoms with E-state index in [0.717, 1.165) is 73.7 Å². The monoisotopic (exact) mass is 2360 g/mol. The minimum absolute atomic E-state index is 0. The molecule has 0 aliphatic heterocycles. The number of imidazole rings is 4. The van der Waals surface area contributed by atoms with Gasteiger partial charge < -0.3 is 17.6 Å². The molecular weight excluding hydrogens is 2250 g/mol. The van der Waals surface area contributed by atoms with Gasteiger partial charge in [0.15, 0.2) is 0 Å². The fraction of sp³-hybridized carbons (Fsp3) is 0.228. The van der Waals surface area contributed by atoms with Crippen LogP contribution in [0, 0.1) is 71.2 Å². The zero-order valence-electron chi connectivity index (χ0n) is 74.9. The molecule has 8 heterocycles. The Morgan fingerprint density at radius 2 is 0.706 bits per heavy atom. The second kappa shape index (κ2) is 36.0. The van der Waals surface area contributed by atoms with Crippen molar-refractivity contribution in [2.75, 3.05) is 0 Å². The van der Waals surface area contributed by atoms with Crippen LogP contribution in [0.25, 0.3) is 165 Å². The Morgan fingerprint density at radius 3 is 1.22 bits per heavy atom. The molecule has 22 rings (SSSR count). The third kappa shape index (κ3) is 15.8. The van der Waals surface area contributed by atoms with Crippen LogP contribution in [-0.2, 0) is 93.3 Å². The molecule has 0 saturated heterocycles. The van der Waals surface area contributed by atoms with Crippen LogP contribution in [0.4, 0.5) is 0 Å². The molecule has 0 saturated carbocycles. The van der Waals surface area contributed by atoms with E-state index in [1.807, 2.05) is 36.5 Å². The maximum Gasteiger partial charge on any atom is 0.0774 e. The molecule has 0 atom stereocenters. The fourth-order valence-electron chi connectivity index (χ4n) is 19.6. The van der Waals surface area contributed by atoms with E-state index in [-0.39, 0.29) is 80.4 Å². The van der Waals surface area contributed by atoms with Gasteiger partial charge in [0, 0.05) is 138 Å². The van der Waals surface area contributed by atoms with Gasteiger partial charge in [-0.1, -0.05) is 232 Å². The Morgan fingerprint density at radius 1 is 0.302 bits per heavy atom. The normalized spacial score (nSPS) is 12.5. The van der Waals surface area contributed by atoms with Crippen molar-refractivity contribution in [3.63, 3.8) is 0 Å². The molecule has 0 unspecified atom stereocenters. The number of hydrogen-bond acceptors (Lipinski definition) is 4. The zero-order valence-corrected chi connectivity index (χ0v) is 84.5. The Hall–Kier alpha value is -10.4. The van der Waals surface area contributed by atoms with Gasteiger partial charge in [-0.3, -0.25) is 19.9 Å². The Bertz CT molecular complexity index is 7730. The van der Waals surface area contributed by atoms with Gasteiger partial charge in [0.05, 0.1) is 50.7 Å². The molecule has 13 aromatic carbocycles. The first-order chi connectivity index (χ1) is 58.9. The van der Waals surface area contributed by atoms with Crippen LogP contribution in [0.15, 0.2) is 249 Å². The Balaban J connectivity index is 0.000000130. The standard InChI is InChI=1S/C35H33N2.C31H33N2.C28H25N2.C20H13N2.4Ir/c1-21(2)29-18-26(25-12-8-7-9-13-25)19-30(22(3)4)34(29)33-20-36-35-28-15-11-10-14-27(28)31-16-23(5)24(6)17-32(31)37(33)35;1-18(2)22-15-25(19(3)4)30(26(16-22)20(5)6)29-17-32-31-24-11-9-8-10-23(24)27-14-21(7)12-13-28(27)33(29)31;1-17-8-7-9-18(2)26(17)25-16-29-27-22-11-6-5-10-21(22)23-12-19-14-28(3,4)15-20(19)13-24(23)30(25)27;1-13-10-11-17-19(12-13)22-18-9-5-4-7-15(18)14-6-2-3-8-16(14)20(22)21-17;;;;/h7-14,16-22H,1-6H3;8-10,12-20H,1-7H3;5-10,12-13,16H,14-15H2,1-4H3;2-7,9-12H,1H3;;;;/q4*-1;;;;. The molecule has 1 aliphatic carbocycles. The van der Waals surface area contributed by atoms with Crippen LogP contribution in [-0.4, -0.2) is 37.5 Å². The Kier molecular flexibility index (Phi) is 25.8. The molecular formula is C114H104Ir4N8-4. The summed E-state index contributed by atoms with van der Waals surface area (Å²) in [6, 6.07) is 96.9. The fourth-order valence-corrected chi connectivity index (χ4v) is 19.6. The number of nitrogens with zero attached hydrogens (tertiary/aromatic N) is 8. The van der Waals surface area contributed by atoms with Crippen LogP contribution in [0.5, 0.6) is 0 Å². The smallest absolute Gasteiger partial charge is 0.0774 e. The number of para-hydroxylation sites is 1. The average Bonchev–Trinajstić information content (AvgIpc) is 1.55. The van der Waals surface area contributed by atoms with Gasteiger partial charge in [-0.2, -0.15) is 0 Å². The number of rotatable bonds is 9. The van der Waals surface area contributed by atoms with Crippen LogP contribution in [0.2, 0.25) is 0 Å². The van der Waals surface area contributed by atoms with Crippen molar-refractivity contribution in [1.82, 2.24) is 37.5 Å². The first-order valence-electron chi connectivity index (χ1n) is 43.6. The van der Waals surface area contributed by atoms with Crippen LogP contribution >= 0.6 is 0 Å². The summed E-state index contributed by atoms with van der Waals surface area (Å²) < 4.78 is 9.39. The minimum atomic E-state index is 0. The average molecular weight is 2360 g/mol. The van der Waals surface area contributed by atoms with E-state index < -0.39 is 0 Å². The maximum absolute atomic E-state index is 5.04. The zero-order chi connectivity index (χ0) is 84.6. The second-order valence-corrected chi connectivity index (χ2v) is 36.7. The summed E-state index contributed by atoms with van der Waals surface area (Å²) in [5.41, 5.74) is 38.9. The SMILES string of the molecule is Cc1cc2c3ccc[c-]c3c3ncc(-c4c(C(C)C)cc(-c5ccccc5)cc4C(C)C)n3c2cc1C.Cc1ccc2c(c1)c1ccc[c-]c1c1ncc(-c3c(C(C)C)cc(C(C)C)cc3C(C)C)n21.Cc1ccc2nc3c4[c-]cccc4c4ccccc4n3c2c1.Cc1cccc(C)c1-c1cnc2c3[c-]cccc3c3cc4c(cc3n12)CC(C)(C)C4.[Ir].[Ir].[Ir].[Ir]. The number of aryl methyl sites for hydroxylation is 6. The number of benzene rings is 13. The molecule has 8 aromatic heterocycles. The summed E-state index contributed by atoms with van der Waals surface area (Å²) in [5.74, 6) is 2.07. The van der Waals surface area contributed by atoms with Crippen molar-refractivity contribution >= 4 is 120 Å². The number of fused-ring (bicyclic) bond motifs is 27. The van der Waals surface area contributed by atoms with Crippen molar-refractivity contribution < 1.29 is 80.4 Å². The van der Waals surface area contributed by atoms with E-state index in [9.17, 15) is 0 Å². The largest absolute Gasteiger partial charge is 0.333 e. The maximum atomic E-state index is 5.04. The van der Waals surface area contributed by atoms with Gasteiger partial charge in [0.25, 0.3) is 0 Å². The summed E-state index contributed by atoms with van der Waals surface area (Å²) in [4.78, 5) is 19.8. The molecule has 640 valence electrons. The van der Waals surface area contributed by atoms with E-state index >= 15 is 0 Å². The van der Waals surface area contributed by atoms with Crippen LogP contribution in [0.3, 0.4) is 0 Å². The van der Waals surface area contributed by atoms with Crippen molar-refractivity contribution in [3.8, 4) is 44.9 Å². The van der Waals surface area contributed by atoms with Gasteiger partial charge in [0.1, 0.15) is 0 Å². The van der Waals surface area contributed by atoms with Gasteiger partial charge in [0.2, 0.25) is 0 Å². The van der Waals surface area contributed by atoms with E-state index in [1.165, 1.54) is 177 Å². The molecule has 8 nitrogen and oxygen atoms in total. The van der Waals surface area contributed by atoms with Crippen molar-refractivity contribution in [2.24, 2.45) is 5.41 Å². The third-order valence-corrected chi connectivity index (χ3v) is 25.8. The van der Waals surface area contributed by atoms with Crippen LogP contribution in [0.1, 0.15) is 185 Å². The van der Waals surface area contributed by atoms with Gasteiger partial charge in [-0.25, -0.2) is 0 Å². The molecule has 0 N–H and O–H groups in total. The first-order valence-corrected chi connectivity index (χ1v) is 43.6. The molecule has 0 amide bonds. The van der Waals surface area contributed by atoms with E-state index in [4.69, 9.17) is 19.9 Å². The molecule has 12 heteroatoms. The quantitative estimate of drug-likeness (QED) is 0.107. The topological polar surface area (TPSA) is 69.2 Å². The van der Waals surface area contributed by atoms with Crippen LogP contribution < -0.4 is 0 Å². The third-order valence-electron chi connectivity index (χ3n) is 25.8. The molecule has 0 bridgehead atoms. The van der Waals surface area contributed by atoms with Crippen molar-refractivity contribution in [2.45, 2.75) is 167 Å². The molecule has 4 radical (unpaired) electrons. The predicted octanol–water partition coefficient (Wildman–Crippen LogP) is 30.2. The summed E-state index contributed by atoms with van der Waals surface area (Å²) in [5, 5.41) is 14.2. The number of pyridine rings is 4. The molecule has 0 spiro atoms. The number of hydrogen-bond donors (Lipinski definition) is 0.